The molecule has 1 heterocycles. The van der Waals surface area contributed by atoms with Crippen molar-refractivity contribution in [3.63, 3.8) is 0 Å². The predicted molar refractivity (Wildman–Crippen MR) is 102 cm³/mol. The summed E-state index contributed by atoms with van der Waals surface area (Å²) in [6, 6.07) is 13.1. The lowest BCUT2D eigenvalue weighted by Gasteiger charge is -2.06. The van der Waals surface area contributed by atoms with E-state index in [0.29, 0.717) is 17.1 Å². The number of hydrogen-bond donors (Lipinski definition) is 1. The molecule has 0 saturated carbocycles. The van der Waals surface area contributed by atoms with Gasteiger partial charge in [-0.05, 0) is 37.3 Å². The number of nitro groups is 2. The number of furan rings is 1. The largest absolute Gasteiger partial charge is 0.486 e. The van der Waals surface area contributed by atoms with Gasteiger partial charge < -0.3 is 14.5 Å². The number of hydrogen-bond acceptors (Lipinski definition) is 7. The Labute approximate surface area is 164 Å². The van der Waals surface area contributed by atoms with Crippen LogP contribution in [0.2, 0.25) is 0 Å². The van der Waals surface area contributed by atoms with Crippen molar-refractivity contribution >= 4 is 23.0 Å². The molecule has 148 valence electrons. The molecule has 0 atom stereocenters. The molecule has 0 spiro atoms. The van der Waals surface area contributed by atoms with E-state index in [4.69, 9.17) is 9.15 Å². The Morgan fingerprint density at radius 1 is 1.03 bits per heavy atom. The molecular weight excluding hydrogens is 382 g/mol. The number of nitrogens with one attached hydrogen (secondary N) is 1. The summed E-state index contributed by atoms with van der Waals surface area (Å²) in [5, 5.41) is 24.3. The number of carbonyl (C=O) groups is 1. The number of rotatable bonds is 7. The van der Waals surface area contributed by atoms with Crippen molar-refractivity contribution < 1.29 is 23.8 Å². The second-order valence-electron chi connectivity index (χ2n) is 5.99. The Hall–Kier alpha value is -4.21. The zero-order valence-electron chi connectivity index (χ0n) is 15.2. The first-order valence-corrected chi connectivity index (χ1v) is 8.36. The van der Waals surface area contributed by atoms with E-state index >= 15 is 0 Å². The van der Waals surface area contributed by atoms with Crippen LogP contribution in [0.4, 0.5) is 17.1 Å². The van der Waals surface area contributed by atoms with Crippen LogP contribution in [-0.2, 0) is 6.61 Å². The molecule has 29 heavy (non-hydrogen) atoms. The minimum absolute atomic E-state index is 0.00395. The van der Waals surface area contributed by atoms with Crippen LogP contribution in [0.5, 0.6) is 5.75 Å². The van der Waals surface area contributed by atoms with Crippen molar-refractivity contribution in [1.29, 1.82) is 0 Å². The van der Waals surface area contributed by atoms with Gasteiger partial charge in [0.05, 0.1) is 9.85 Å². The van der Waals surface area contributed by atoms with Gasteiger partial charge in [0, 0.05) is 17.7 Å². The number of para-hydroxylation sites is 2. The summed E-state index contributed by atoms with van der Waals surface area (Å²) in [6.45, 7) is 1.60. The molecular formula is C19H15N3O7. The Bertz CT molecular complexity index is 1090. The van der Waals surface area contributed by atoms with E-state index in [1.807, 2.05) is 0 Å². The van der Waals surface area contributed by atoms with E-state index in [9.17, 15) is 25.0 Å². The zero-order valence-corrected chi connectivity index (χ0v) is 15.2. The molecule has 0 unspecified atom stereocenters. The van der Waals surface area contributed by atoms with E-state index in [0.717, 1.165) is 0 Å². The first-order chi connectivity index (χ1) is 13.8. The Balaban J connectivity index is 1.65. The highest BCUT2D eigenvalue weighted by molar-refractivity contribution is 6.03. The zero-order chi connectivity index (χ0) is 21.0. The van der Waals surface area contributed by atoms with Gasteiger partial charge in [-0.3, -0.25) is 25.0 Å². The quantitative estimate of drug-likeness (QED) is 0.465. The van der Waals surface area contributed by atoms with Gasteiger partial charge in [-0.25, -0.2) is 0 Å². The van der Waals surface area contributed by atoms with Gasteiger partial charge in [-0.15, -0.1) is 0 Å². The van der Waals surface area contributed by atoms with Gasteiger partial charge in [0.1, 0.15) is 23.8 Å². The van der Waals surface area contributed by atoms with Crippen LogP contribution in [0.3, 0.4) is 0 Å². The molecule has 10 nitrogen and oxygen atoms in total. The van der Waals surface area contributed by atoms with Crippen LogP contribution >= 0.6 is 0 Å². The lowest BCUT2D eigenvalue weighted by Crippen LogP contribution is -2.12. The average Bonchev–Trinajstić information content (AvgIpc) is 3.15. The second kappa shape index (κ2) is 8.21. The molecule has 0 bridgehead atoms. The normalized spacial score (nSPS) is 10.4. The van der Waals surface area contributed by atoms with E-state index in [2.05, 4.69) is 5.32 Å². The highest BCUT2D eigenvalue weighted by atomic mass is 16.6. The summed E-state index contributed by atoms with van der Waals surface area (Å²) in [7, 11) is 0. The maximum Gasteiger partial charge on any atom is 0.292 e. The molecule has 0 aliphatic rings. The summed E-state index contributed by atoms with van der Waals surface area (Å²) in [6.07, 6.45) is 0. The molecule has 0 aliphatic carbocycles. The van der Waals surface area contributed by atoms with Crippen LogP contribution in [-0.4, -0.2) is 15.8 Å². The first kappa shape index (κ1) is 19.5. The van der Waals surface area contributed by atoms with Crippen LogP contribution in [0, 0.1) is 27.2 Å². The van der Waals surface area contributed by atoms with Crippen LogP contribution < -0.4 is 10.1 Å². The summed E-state index contributed by atoms with van der Waals surface area (Å²) >= 11 is 0. The predicted octanol–water partition coefficient (Wildman–Crippen LogP) is 4.24. The highest BCUT2D eigenvalue weighted by Crippen LogP contribution is 2.25. The molecule has 0 fully saturated rings. The van der Waals surface area contributed by atoms with Crippen molar-refractivity contribution in [2.24, 2.45) is 0 Å². The fourth-order valence-corrected chi connectivity index (χ4v) is 2.58. The van der Waals surface area contributed by atoms with Gasteiger partial charge >= 0.3 is 0 Å². The summed E-state index contributed by atoms with van der Waals surface area (Å²) in [4.78, 5) is 33.1. The van der Waals surface area contributed by atoms with Crippen molar-refractivity contribution in [3.8, 4) is 5.75 Å². The van der Waals surface area contributed by atoms with Gasteiger partial charge in [0.25, 0.3) is 17.3 Å². The number of anilines is 1. The van der Waals surface area contributed by atoms with Crippen LogP contribution in [0.1, 0.15) is 21.9 Å². The SMILES string of the molecule is Cc1cc(OCc2ccc(C(=O)Nc3ccccc3[N+](=O)[O-])o2)ccc1[N+](=O)[O-]. The molecule has 0 saturated heterocycles. The lowest BCUT2D eigenvalue weighted by atomic mass is 10.2. The van der Waals surface area contributed by atoms with Crippen molar-refractivity contribution in [2.45, 2.75) is 13.5 Å². The molecule has 10 heteroatoms. The Morgan fingerprint density at radius 2 is 1.76 bits per heavy atom. The van der Waals surface area contributed by atoms with Gasteiger partial charge in [-0.1, -0.05) is 12.1 Å². The molecule has 3 rings (SSSR count). The standard InChI is InChI=1S/C19H15N3O7/c1-12-10-13(6-8-16(12)21(24)25)28-11-14-7-9-18(29-14)19(23)20-15-4-2-3-5-17(15)22(26)27/h2-10H,11H2,1H3,(H,20,23). The van der Waals surface area contributed by atoms with Gasteiger partial charge in [-0.2, -0.15) is 0 Å². The van der Waals surface area contributed by atoms with Crippen molar-refractivity contribution in [2.75, 3.05) is 5.32 Å². The highest BCUT2D eigenvalue weighted by Gasteiger charge is 2.18. The molecule has 1 aromatic heterocycles. The molecule has 3 aromatic rings. The molecule has 0 aliphatic heterocycles. The number of nitro benzene ring substituents is 2. The van der Waals surface area contributed by atoms with E-state index in [1.165, 1.54) is 48.5 Å². The number of nitrogens with zero attached hydrogens (tertiary/aromatic N) is 2. The number of benzene rings is 2. The smallest absolute Gasteiger partial charge is 0.292 e. The maximum absolute atomic E-state index is 12.3. The average molecular weight is 397 g/mol. The minimum atomic E-state index is -0.642. The molecule has 1 N–H and O–H groups in total. The number of carbonyl (C=O) groups excluding carboxylic acids is 1. The third kappa shape index (κ3) is 4.56. The fourth-order valence-electron chi connectivity index (χ4n) is 2.58. The maximum atomic E-state index is 12.3. The third-order valence-electron chi connectivity index (χ3n) is 3.98. The second-order valence-corrected chi connectivity index (χ2v) is 5.99. The number of ether oxygens (including phenoxy) is 1. The molecule has 1 amide bonds. The molecule has 2 aromatic carbocycles. The third-order valence-corrected chi connectivity index (χ3v) is 3.98. The lowest BCUT2D eigenvalue weighted by molar-refractivity contribution is -0.385. The topological polar surface area (TPSA) is 138 Å². The Morgan fingerprint density at radius 3 is 2.45 bits per heavy atom. The summed E-state index contributed by atoms with van der Waals surface area (Å²) < 4.78 is 10.9. The first-order valence-electron chi connectivity index (χ1n) is 8.36. The number of aryl methyl sites for hydroxylation is 1. The van der Waals surface area contributed by atoms with Crippen LogP contribution in [0.15, 0.2) is 59.0 Å². The van der Waals surface area contributed by atoms with Crippen LogP contribution in [0.25, 0.3) is 0 Å². The molecule has 0 radical (unpaired) electrons. The van der Waals surface area contributed by atoms with E-state index < -0.39 is 15.8 Å². The monoisotopic (exact) mass is 397 g/mol. The Kier molecular flexibility index (Phi) is 5.54. The number of amides is 1. The summed E-state index contributed by atoms with van der Waals surface area (Å²) in [5.41, 5.74) is 0.267. The van der Waals surface area contributed by atoms with Gasteiger partial charge in [0.15, 0.2) is 5.76 Å². The van der Waals surface area contributed by atoms with E-state index in [-0.39, 0.29) is 29.4 Å². The van der Waals surface area contributed by atoms with Crippen molar-refractivity contribution in [3.05, 3.63) is 91.9 Å². The summed E-state index contributed by atoms with van der Waals surface area (Å²) in [5.74, 6) is 0.0718. The minimum Gasteiger partial charge on any atom is -0.486 e. The fraction of sp³-hybridized carbons (Fsp3) is 0.105. The van der Waals surface area contributed by atoms with Gasteiger partial charge in [0.2, 0.25) is 0 Å². The van der Waals surface area contributed by atoms with Crippen molar-refractivity contribution in [1.82, 2.24) is 0 Å². The van der Waals surface area contributed by atoms with E-state index in [1.54, 1.807) is 13.0 Å².